The zero-order valence-corrected chi connectivity index (χ0v) is 14.8. The number of hydrogen-bond acceptors (Lipinski definition) is 2. The fourth-order valence-electron chi connectivity index (χ4n) is 2.35. The molecule has 21 heavy (non-hydrogen) atoms. The first-order valence-electron chi connectivity index (χ1n) is 8.39. The smallest absolute Gasteiger partial charge is 0.0230 e. The van der Waals surface area contributed by atoms with E-state index in [4.69, 9.17) is 0 Å². The minimum absolute atomic E-state index is 0.557. The molecule has 0 aliphatic carbocycles. The molecule has 0 bridgehead atoms. The zero-order valence-electron chi connectivity index (χ0n) is 14.8. The van der Waals surface area contributed by atoms with Crippen molar-refractivity contribution in [2.24, 2.45) is 5.92 Å². The Labute approximate surface area is 131 Å². The van der Waals surface area contributed by atoms with Gasteiger partial charge in [0.25, 0.3) is 0 Å². The van der Waals surface area contributed by atoms with Crippen LogP contribution in [0.5, 0.6) is 0 Å². The van der Waals surface area contributed by atoms with Gasteiger partial charge in [-0.15, -0.1) is 0 Å². The summed E-state index contributed by atoms with van der Waals surface area (Å²) in [6.45, 7) is 14.5. The highest BCUT2D eigenvalue weighted by atomic mass is 15.1. The molecule has 2 heteroatoms. The van der Waals surface area contributed by atoms with E-state index < -0.39 is 0 Å². The van der Waals surface area contributed by atoms with Crippen LogP contribution in [0.2, 0.25) is 0 Å². The van der Waals surface area contributed by atoms with Gasteiger partial charge in [0.15, 0.2) is 0 Å². The van der Waals surface area contributed by atoms with Crippen LogP contribution < -0.4 is 5.32 Å². The highest BCUT2D eigenvalue weighted by Gasteiger charge is 2.07. The Hall–Kier alpha value is -0.860. The fraction of sp³-hybridized carbons (Fsp3) is 0.684. The second-order valence-corrected chi connectivity index (χ2v) is 7.13. The third-order valence-corrected chi connectivity index (χ3v) is 3.92. The highest BCUT2D eigenvalue weighted by Crippen LogP contribution is 2.16. The molecule has 0 saturated carbocycles. The van der Waals surface area contributed by atoms with Gasteiger partial charge >= 0.3 is 0 Å². The van der Waals surface area contributed by atoms with Gasteiger partial charge in [0, 0.05) is 19.1 Å². The lowest BCUT2D eigenvalue weighted by atomic mass is 9.99. The first kappa shape index (κ1) is 18.2. The van der Waals surface area contributed by atoms with Crippen molar-refractivity contribution in [1.82, 2.24) is 10.2 Å². The van der Waals surface area contributed by atoms with Gasteiger partial charge in [0.05, 0.1) is 0 Å². The zero-order chi connectivity index (χ0) is 15.8. The van der Waals surface area contributed by atoms with Gasteiger partial charge in [0.1, 0.15) is 0 Å². The largest absolute Gasteiger partial charge is 0.314 e. The van der Waals surface area contributed by atoms with Gasteiger partial charge in [0.2, 0.25) is 0 Å². The number of nitrogens with zero attached hydrogens (tertiary/aromatic N) is 1. The Morgan fingerprint density at radius 3 is 2.14 bits per heavy atom. The van der Waals surface area contributed by atoms with Gasteiger partial charge in [-0.2, -0.15) is 0 Å². The number of benzene rings is 1. The molecule has 0 heterocycles. The maximum atomic E-state index is 3.51. The molecule has 2 nitrogen and oxygen atoms in total. The van der Waals surface area contributed by atoms with Crippen molar-refractivity contribution in [3.05, 3.63) is 35.4 Å². The van der Waals surface area contributed by atoms with E-state index in [0.717, 1.165) is 19.0 Å². The van der Waals surface area contributed by atoms with Crippen LogP contribution in [0.15, 0.2) is 24.3 Å². The molecule has 1 rings (SSSR count). The highest BCUT2D eigenvalue weighted by molar-refractivity contribution is 5.25. The van der Waals surface area contributed by atoms with Crippen LogP contribution in [-0.4, -0.2) is 31.1 Å². The van der Waals surface area contributed by atoms with Crippen molar-refractivity contribution in [1.29, 1.82) is 0 Å². The molecular weight excluding hydrogens is 256 g/mol. The van der Waals surface area contributed by atoms with Crippen LogP contribution in [0.4, 0.5) is 0 Å². The number of rotatable bonds is 9. The normalized spacial score (nSPS) is 13.4. The molecule has 0 radical (unpaired) electrons. The van der Waals surface area contributed by atoms with Crippen molar-refractivity contribution in [2.75, 3.05) is 20.1 Å². The van der Waals surface area contributed by atoms with Crippen LogP contribution in [0, 0.1) is 5.92 Å². The summed E-state index contributed by atoms with van der Waals surface area (Å²) in [5.41, 5.74) is 2.84. The Morgan fingerprint density at radius 2 is 1.62 bits per heavy atom. The lowest BCUT2D eigenvalue weighted by Gasteiger charge is -2.19. The third kappa shape index (κ3) is 7.63. The van der Waals surface area contributed by atoms with Gasteiger partial charge in [-0.05, 0) is 43.0 Å². The molecule has 0 fully saturated rings. The van der Waals surface area contributed by atoms with Crippen LogP contribution in [-0.2, 0) is 6.54 Å². The van der Waals surface area contributed by atoms with E-state index in [9.17, 15) is 0 Å². The molecule has 0 amide bonds. The SMILES string of the molecule is CC(C)CCN(C)Cc1ccc(C(C)CNC(C)C)cc1. The van der Waals surface area contributed by atoms with Crippen LogP contribution in [0.3, 0.4) is 0 Å². The Balaban J connectivity index is 2.46. The van der Waals surface area contributed by atoms with E-state index in [1.807, 2.05) is 0 Å². The quantitative estimate of drug-likeness (QED) is 0.731. The first-order chi connectivity index (χ1) is 9.88. The average molecular weight is 290 g/mol. The van der Waals surface area contributed by atoms with E-state index in [-0.39, 0.29) is 0 Å². The predicted molar refractivity (Wildman–Crippen MR) is 93.8 cm³/mol. The third-order valence-electron chi connectivity index (χ3n) is 3.92. The molecule has 0 aliphatic heterocycles. The molecule has 1 unspecified atom stereocenters. The monoisotopic (exact) mass is 290 g/mol. The summed E-state index contributed by atoms with van der Waals surface area (Å²) in [7, 11) is 2.21. The van der Waals surface area contributed by atoms with Crippen molar-refractivity contribution >= 4 is 0 Å². The molecule has 1 atom stereocenters. The summed E-state index contributed by atoms with van der Waals surface area (Å²) in [6, 6.07) is 9.71. The molecule has 120 valence electrons. The van der Waals surface area contributed by atoms with Crippen molar-refractivity contribution < 1.29 is 0 Å². The Kier molecular flexibility index (Phi) is 7.98. The minimum Gasteiger partial charge on any atom is -0.314 e. The van der Waals surface area contributed by atoms with Crippen molar-refractivity contribution in [3.8, 4) is 0 Å². The number of hydrogen-bond donors (Lipinski definition) is 1. The molecule has 1 N–H and O–H groups in total. The van der Waals surface area contributed by atoms with Gasteiger partial charge in [-0.1, -0.05) is 58.9 Å². The van der Waals surface area contributed by atoms with Gasteiger partial charge in [-0.25, -0.2) is 0 Å². The standard InChI is InChI=1S/C19H34N2/c1-15(2)11-12-21(6)14-18-7-9-19(10-8-18)17(5)13-20-16(3)4/h7-10,15-17,20H,11-14H2,1-6H3. The molecule has 1 aromatic rings. The second-order valence-electron chi connectivity index (χ2n) is 7.13. The van der Waals surface area contributed by atoms with Crippen molar-refractivity contribution in [3.63, 3.8) is 0 Å². The Bertz CT molecular complexity index is 381. The summed E-state index contributed by atoms with van der Waals surface area (Å²) < 4.78 is 0. The van der Waals surface area contributed by atoms with Gasteiger partial charge < -0.3 is 10.2 Å². The molecule has 1 aromatic carbocycles. The summed E-state index contributed by atoms with van der Waals surface area (Å²) in [5, 5.41) is 3.51. The van der Waals surface area contributed by atoms with Crippen LogP contribution in [0.1, 0.15) is 58.1 Å². The molecule has 0 saturated heterocycles. The molecule has 0 aromatic heterocycles. The summed E-state index contributed by atoms with van der Waals surface area (Å²) in [4.78, 5) is 2.42. The summed E-state index contributed by atoms with van der Waals surface area (Å²) in [6.07, 6.45) is 1.27. The maximum Gasteiger partial charge on any atom is 0.0230 e. The van der Waals surface area contributed by atoms with E-state index in [1.165, 1.54) is 24.1 Å². The van der Waals surface area contributed by atoms with E-state index in [1.54, 1.807) is 0 Å². The lowest BCUT2D eigenvalue weighted by Crippen LogP contribution is -2.27. The fourth-order valence-corrected chi connectivity index (χ4v) is 2.35. The summed E-state index contributed by atoms with van der Waals surface area (Å²) in [5.74, 6) is 1.35. The van der Waals surface area contributed by atoms with Crippen molar-refractivity contribution in [2.45, 2.75) is 59.5 Å². The maximum absolute atomic E-state index is 3.51. The minimum atomic E-state index is 0.557. The van der Waals surface area contributed by atoms with E-state index >= 15 is 0 Å². The first-order valence-corrected chi connectivity index (χ1v) is 8.39. The predicted octanol–water partition coefficient (Wildman–Crippen LogP) is 4.27. The molecular formula is C19H34N2. The molecule has 0 spiro atoms. The second kappa shape index (κ2) is 9.22. The van der Waals surface area contributed by atoms with E-state index in [2.05, 4.69) is 76.1 Å². The Morgan fingerprint density at radius 1 is 1.00 bits per heavy atom. The average Bonchev–Trinajstić information content (AvgIpc) is 2.43. The van der Waals surface area contributed by atoms with Crippen LogP contribution in [0.25, 0.3) is 0 Å². The van der Waals surface area contributed by atoms with Gasteiger partial charge in [-0.3, -0.25) is 0 Å². The molecule has 0 aliphatic rings. The number of nitrogens with one attached hydrogen (secondary N) is 1. The summed E-state index contributed by atoms with van der Waals surface area (Å²) >= 11 is 0. The van der Waals surface area contributed by atoms with E-state index in [0.29, 0.717) is 12.0 Å². The van der Waals surface area contributed by atoms with Crippen LogP contribution >= 0.6 is 0 Å². The lowest BCUT2D eigenvalue weighted by molar-refractivity contribution is 0.303. The topological polar surface area (TPSA) is 15.3 Å².